The van der Waals surface area contributed by atoms with Crippen molar-refractivity contribution in [3.05, 3.63) is 90.7 Å². The van der Waals surface area contributed by atoms with Crippen LogP contribution in [0.4, 0.5) is 10.5 Å². The van der Waals surface area contributed by atoms with E-state index in [2.05, 4.69) is 30.9 Å². The van der Waals surface area contributed by atoms with Gasteiger partial charge in [-0.2, -0.15) is 0 Å². The monoisotopic (exact) mass is 319 g/mol. The minimum Gasteiger partial charge on any atom is -0.449 e. The van der Waals surface area contributed by atoms with E-state index < -0.39 is 0 Å². The summed E-state index contributed by atoms with van der Waals surface area (Å²) in [4.78, 5) is 13.8. The van der Waals surface area contributed by atoms with E-state index in [1.54, 1.807) is 4.90 Å². The minimum atomic E-state index is -0.352. The number of fused-ring (bicyclic) bond motifs is 1. The van der Waals surface area contributed by atoms with E-state index >= 15 is 0 Å². The van der Waals surface area contributed by atoms with E-state index in [0.717, 1.165) is 11.3 Å². The summed E-state index contributed by atoms with van der Waals surface area (Å²) in [7, 11) is 0. The van der Waals surface area contributed by atoms with Crippen LogP contribution >= 0.6 is 0 Å². The number of hydrogen-bond donors (Lipinski definition) is 0. The number of amides is 1. The summed E-state index contributed by atoms with van der Waals surface area (Å²) in [5.41, 5.74) is 3.18. The molecule has 2 aromatic carbocycles. The molecule has 0 fully saturated rings. The van der Waals surface area contributed by atoms with E-state index in [1.807, 2.05) is 55.6 Å². The van der Waals surface area contributed by atoms with Gasteiger partial charge in [-0.25, -0.2) is 4.79 Å². The number of allylic oxidation sites excluding steroid dienone is 2. The van der Waals surface area contributed by atoms with Gasteiger partial charge in [-0.15, -0.1) is 6.58 Å². The molecule has 1 aliphatic heterocycles. The third-order valence-corrected chi connectivity index (χ3v) is 4.29. The first kappa shape index (κ1) is 16.1. The van der Waals surface area contributed by atoms with Crippen molar-refractivity contribution in [1.82, 2.24) is 0 Å². The van der Waals surface area contributed by atoms with Gasteiger partial charge < -0.3 is 4.74 Å². The van der Waals surface area contributed by atoms with Crippen LogP contribution in [0.3, 0.4) is 0 Å². The van der Waals surface area contributed by atoms with E-state index in [9.17, 15) is 4.79 Å². The summed E-state index contributed by atoms with van der Waals surface area (Å²) in [6.07, 6.45) is 5.49. The third kappa shape index (κ3) is 2.98. The molecule has 0 bridgehead atoms. The van der Waals surface area contributed by atoms with Crippen molar-refractivity contribution in [2.45, 2.75) is 18.8 Å². The lowest BCUT2D eigenvalue weighted by Crippen LogP contribution is -2.30. The molecule has 3 heteroatoms. The Morgan fingerprint density at radius 2 is 1.92 bits per heavy atom. The van der Waals surface area contributed by atoms with Crippen LogP contribution in [0.25, 0.3) is 0 Å². The van der Waals surface area contributed by atoms with Crippen LogP contribution in [0.2, 0.25) is 0 Å². The molecular weight excluding hydrogens is 298 g/mol. The Hall–Kier alpha value is -2.81. The molecule has 2 unspecified atom stereocenters. The summed E-state index contributed by atoms with van der Waals surface area (Å²) in [5.74, 6) is 0.278. The second-order valence-corrected chi connectivity index (χ2v) is 5.67. The van der Waals surface area contributed by atoms with Crippen molar-refractivity contribution in [1.29, 1.82) is 0 Å². The number of carbonyl (C=O) groups excluding carboxylic acids is 1. The SMILES string of the molecule is C=CC(c1ccccc1)C1C=CN(C(=O)OCC)c2ccccc21. The van der Waals surface area contributed by atoms with E-state index in [0.29, 0.717) is 6.61 Å². The van der Waals surface area contributed by atoms with Gasteiger partial charge in [0, 0.05) is 18.0 Å². The maximum atomic E-state index is 12.2. The van der Waals surface area contributed by atoms with Crippen molar-refractivity contribution in [3.63, 3.8) is 0 Å². The van der Waals surface area contributed by atoms with Crippen molar-refractivity contribution >= 4 is 11.8 Å². The molecule has 0 radical (unpaired) electrons. The molecule has 3 nitrogen and oxygen atoms in total. The number of hydrogen-bond acceptors (Lipinski definition) is 2. The summed E-state index contributed by atoms with van der Waals surface area (Å²) in [6, 6.07) is 18.3. The first-order valence-electron chi connectivity index (χ1n) is 8.17. The summed E-state index contributed by atoms with van der Waals surface area (Å²) in [5, 5.41) is 0. The summed E-state index contributed by atoms with van der Waals surface area (Å²) < 4.78 is 5.16. The normalized spacial score (nSPS) is 17.0. The van der Waals surface area contributed by atoms with Crippen LogP contribution < -0.4 is 4.90 Å². The lowest BCUT2D eigenvalue weighted by atomic mass is 9.79. The number of rotatable bonds is 4. The standard InChI is InChI=1S/C21H21NO2/c1-3-17(16-10-6-5-7-11-16)18-14-15-22(21(23)24-4-2)20-13-9-8-12-19(18)20/h3,5-15,17-18H,1,4H2,2H3. The molecule has 24 heavy (non-hydrogen) atoms. The molecule has 0 spiro atoms. The van der Waals surface area contributed by atoms with Gasteiger partial charge in [-0.3, -0.25) is 4.90 Å². The molecule has 1 aliphatic rings. The molecule has 0 aliphatic carbocycles. The Morgan fingerprint density at radius 3 is 2.62 bits per heavy atom. The van der Waals surface area contributed by atoms with Crippen molar-refractivity contribution in [2.75, 3.05) is 11.5 Å². The highest BCUT2D eigenvalue weighted by molar-refractivity contribution is 5.91. The summed E-state index contributed by atoms with van der Waals surface area (Å²) >= 11 is 0. The molecule has 0 saturated carbocycles. The van der Waals surface area contributed by atoms with Gasteiger partial charge >= 0.3 is 6.09 Å². The van der Waals surface area contributed by atoms with Crippen LogP contribution in [0, 0.1) is 0 Å². The summed E-state index contributed by atoms with van der Waals surface area (Å²) in [6.45, 7) is 6.19. The Morgan fingerprint density at radius 1 is 1.21 bits per heavy atom. The maximum absolute atomic E-state index is 12.2. The molecule has 1 heterocycles. The average Bonchev–Trinajstić information content (AvgIpc) is 2.63. The fourth-order valence-electron chi connectivity index (χ4n) is 3.18. The number of para-hydroxylation sites is 1. The highest BCUT2D eigenvalue weighted by atomic mass is 16.6. The van der Waals surface area contributed by atoms with Gasteiger partial charge in [-0.1, -0.05) is 60.7 Å². The third-order valence-electron chi connectivity index (χ3n) is 4.29. The van der Waals surface area contributed by atoms with Crippen LogP contribution in [-0.4, -0.2) is 12.7 Å². The van der Waals surface area contributed by atoms with E-state index in [-0.39, 0.29) is 17.9 Å². The second kappa shape index (κ2) is 7.18. The molecule has 2 atom stereocenters. The van der Waals surface area contributed by atoms with Gasteiger partial charge in [0.2, 0.25) is 0 Å². The smallest absolute Gasteiger partial charge is 0.418 e. The average molecular weight is 319 g/mol. The van der Waals surface area contributed by atoms with Gasteiger partial charge in [0.15, 0.2) is 0 Å². The first-order valence-corrected chi connectivity index (χ1v) is 8.17. The fourth-order valence-corrected chi connectivity index (χ4v) is 3.18. The van der Waals surface area contributed by atoms with Gasteiger partial charge in [0.05, 0.1) is 12.3 Å². The van der Waals surface area contributed by atoms with Gasteiger partial charge in [0.25, 0.3) is 0 Å². The fraction of sp³-hybridized carbons (Fsp3) is 0.190. The highest BCUT2D eigenvalue weighted by Crippen LogP contribution is 2.42. The predicted octanol–water partition coefficient (Wildman–Crippen LogP) is 5.23. The van der Waals surface area contributed by atoms with Crippen molar-refractivity contribution in [2.24, 2.45) is 0 Å². The number of carbonyl (C=O) groups is 1. The number of nitrogens with zero attached hydrogens (tertiary/aromatic N) is 1. The predicted molar refractivity (Wildman–Crippen MR) is 97.2 cm³/mol. The Labute approximate surface area is 142 Å². The van der Waals surface area contributed by atoms with Crippen molar-refractivity contribution in [3.8, 4) is 0 Å². The zero-order valence-electron chi connectivity index (χ0n) is 13.8. The molecule has 1 amide bonds. The molecule has 0 aromatic heterocycles. The Bertz CT molecular complexity index is 751. The molecule has 2 aromatic rings. The number of anilines is 1. The van der Waals surface area contributed by atoms with Crippen molar-refractivity contribution < 1.29 is 9.53 Å². The van der Waals surface area contributed by atoms with Crippen LogP contribution in [-0.2, 0) is 4.74 Å². The molecule has 0 saturated heterocycles. The highest BCUT2D eigenvalue weighted by Gasteiger charge is 2.29. The number of benzene rings is 2. The van der Waals surface area contributed by atoms with E-state index in [4.69, 9.17) is 4.74 Å². The molecule has 0 N–H and O–H groups in total. The Kier molecular flexibility index (Phi) is 4.80. The maximum Gasteiger partial charge on any atom is 0.418 e. The van der Waals surface area contributed by atoms with Crippen LogP contribution in [0.5, 0.6) is 0 Å². The zero-order chi connectivity index (χ0) is 16.9. The van der Waals surface area contributed by atoms with Crippen LogP contribution in [0.1, 0.15) is 29.9 Å². The zero-order valence-corrected chi connectivity index (χ0v) is 13.8. The van der Waals surface area contributed by atoms with Crippen LogP contribution in [0.15, 0.2) is 79.5 Å². The minimum absolute atomic E-state index is 0.131. The molecule has 3 rings (SSSR count). The topological polar surface area (TPSA) is 29.5 Å². The van der Waals surface area contributed by atoms with Gasteiger partial charge in [0.1, 0.15) is 0 Å². The Balaban J connectivity index is 2.01. The van der Waals surface area contributed by atoms with E-state index in [1.165, 1.54) is 5.56 Å². The number of ether oxygens (including phenoxy) is 1. The quantitative estimate of drug-likeness (QED) is 0.722. The lowest BCUT2D eigenvalue weighted by molar-refractivity contribution is 0.162. The largest absolute Gasteiger partial charge is 0.449 e. The lowest BCUT2D eigenvalue weighted by Gasteiger charge is -2.32. The second-order valence-electron chi connectivity index (χ2n) is 5.67. The molecule has 122 valence electrons. The first-order chi connectivity index (χ1) is 11.8. The van der Waals surface area contributed by atoms with Gasteiger partial charge in [-0.05, 0) is 24.1 Å². The molecular formula is C21H21NO2.